The summed E-state index contributed by atoms with van der Waals surface area (Å²) in [6.45, 7) is 4.59. The van der Waals surface area contributed by atoms with Crippen LogP contribution < -0.4 is 4.90 Å². The van der Waals surface area contributed by atoms with E-state index in [1.807, 2.05) is 6.92 Å². The van der Waals surface area contributed by atoms with Gasteiger partial charge in [0.15, 0.2) is 0 Å². The molecule has 90 valence electrons. The summed E-state index contributed by atoms with van der Waals surface area (Å²) in [5.41, 5.74) is 0. The maximum absolute atomic E-state index is 5.63. The number of halogens is 1. The molecule has 0 atom stereocenters. The van der Waals surface area contributed by atoms with Crippen molar-refractivity contribution in [1.29, 1.82) is 0 Å². The molecule has 0 radical (unpaired) electrons. The van der Waals surface area contributed by atoms with E-state index in [2.05, 4.69) is 14.3 Å². The quantitative estimate of drug-likeness (QED) is 0.778. The van der Waals surface area contributed by atoms with Crippen LogP contribution in [0.15, 0.2) is 0 Å². The number of aryl methyl sites for hydroxylation is 1. The molecule has 0 aromatic carbocycles. The van der Waals surface area contributed by atoms with Crippen molar-refractivity contribution in [3.63, 3.8) is 0 Å². The molecule has 1 aromatic rings. The smallest absolute Gasteiger partial charge is 0.205 e. The molecular formula is C10H16ClN3OS. The topological polar surface area (TPSA) is 38.2 Å². The van der Waals surface area contributed by atoms with Crippen LogP contribution in [0, 0.1) is 6.92 Å². The minimum absolute atomic E-state index is 0.365. The molecule has 1 fully saturated rings. The highest BCUT2D eigenvalue weighted by Gasteiger charge is 2.21. The van der Waals surface area contributed by atoms with Gasteiger partial charge in [-0.1, -0.05) is 0 Å². The average Bonchev–Trinajstić information content (AvgIpc) is 2.74. The molecule has 1 saturated heterocycles. The predicted molar refractivity (Wildman–Crippen MR) is 66.6 cm³/mol. The molecule has 0 N–H and O–H groups in total. The van der Waals surface area contributed by atoms with Gasteiger partial charge in [-0.3, -0.25) is 0 Å². The van der Waals surface area contributed by atoms with Gasteiger partial charge < -0.3 is 9.64 Å². The van der Waals surface area contributed by atoms with Crippen LogP contribution in [0.5, 0.6) is 0 Å². The molecule has 4 nitrogen and oxygen atoms in total. The summed E-state index contributed by atoms with van der Waals surface area (Å²) in [5, 5.41) is 1.04. The normalized spacial score (nSPS) is 18.0. The Hall–Kier alpha value is -0.390. The fourth-order valence-electron chi connectivity index (χ4n) is 1.84. The molecule has 0 aliphatic carbocycles. The number of anilines is 1. The van der Waals surface area contributed by atoms with Crippen LogP contribution in [0.25, 0.3) is 0 Å². The first-order chi connectivity index (χ1) is 7.79. The average molecular weight is 262 g/mol. The van der Waals surface area contributed by atoms with Crippen LogP contribution in [-0.4, -0.2) is 41.0 Å². The molecule has 0 bridgehead atoms. The highest BCUT2D eigenvalue weighted by Crippen LogP contribution is 2.22. The molecule has 2 rings (SSSR count). The molecule has 1 aliphatic rings. The van der Waals surface area contributed by atoms with E-state index >= 15 is 0 Å². The molecule has 0 saturated carbocycles. The molecular weight excluding hydrogens is 246 g/mol. The number of nitrogens with zero attached hydrogens (tertiary/aromatic N) is 3. The molecule has 6 heteroatoms. The number of alkyl halides is 1. The van der Waals surface area contributed by atoms with Gasteiger partial charge in [-0.2, -0.15) is 4.37 Å². The van der Waals surface area contributed by atoms with E-state index in [1.165, 1.54) is 11.5 Å². The second-order valence-electron chi connectivity index (χ2n) is 3.87. The van der Waals surface area contributed by atoms with Gasteiger partial charge in [0.1, 0.15) is 5.82 Å². The zero-order valence-electron chi connectivity index (χ0n) is 9.36. The van der Waals surface area contributed by atoms with E-state index in [-0.39, 0.29) is 0 Å². The van der Waals surface area contributed by atoms with Crippen molar-refractivity contribution in [2.75, 3.05) is 30.5 Å². The van der Waals surface area contributed by atoms with Crippen molar-refractivity contribution >= 4 is 28.3 Å². The summed E-state index contributed by atoms with van der Waals surface area (Å²) in [4.78, 5) is 6.68. The summed E-state index contributed by atoms with van der Waals surface area (Å²) >= 11 is 7.07. The monoisotopic (exact) mass is 261 g/mol. The second kappa shape index (κ2) is 5.80. The SMILES string of the molecule is Cc1nsc(N2CCC(OCCCl)CC2)n1. The van der Waals surface area contributed by atoms with E-state index < -0.39 is 0 Å². The van der Waals surface area contributed by atoms with Gasteiger partial charge in [0.2, 0.25) is 5.13 Å². The van der Waals surface area contributed by atoms with Crippen molar-refractivity contribution < 1.29 is 4.74 Å². The molecule has 1 aromatic heterocycles. The number of rotatable bonds is 4. The van der Waals surface area contributed by atoms with E-state index in [4.69, 9.17) is 16.3 Å². The summed E-state index contributed by atoms with van der Waals surface area (Å²) in [6, 6.07) is 0. The summed E-state index contributed by atoms with van der Waals surface area (Å²) in [6.07, 6.45) is 2.47. The Morgan fingerprint density at radius 1 is 1.50 bits per heavy atom. The third-order valence-corrected chi connectivity index (χ3v) is 3.68. The summed E-state index contributed by atoms with van der Waals surface area (Å²) in [7, 11) is 0. The van der Waals surface area contributed by atoms with Gasteiger partial charge in [0.05, 0.1) is 12.7 Å². The molecule has 2 heterocycles. The zero-order chi connectivity index (χ0) is 11.4. The highest BCUT2D eigenvalue weighted by atomic mass is 35.5. The summed E-state index contributed by atoms with van der Waals surface area (Å²) < 4.78 is 9.83. The van der Waals surface area contributed by atoms with E-state index in [1.54, 1.807) is 0 Å². The van der Waals surface area contributed by atoms with Gasteiger partial charge in [-0.15, -0.1) is 11.6 Å². The zero-order valence-corrected chi connectivity index (χ0v) is 10.9. The third-order valence-electron chi connectivity index (χ3n) is 2.66. The minimum atomic E-state index is 0.365. The predicted octanol–water partition coefficient (Wildman–Crippen LogP) is 2.07. The van der Waals surface area contributed by atoms with Gasteiger partial charge in [-0.25, -0.2) is 4.98 Å². The Morgan fingerprint density at radius 3 is 2.81 bits per heavy atom. The standard InChI is InChI=1S/C10H16ClN3OS/c1-8-12-10(16-13-8)14-5-2-9(3-6-14)15-7-4-11/h9H,2-7H2,1H3. The Kier molecular flexibility index (Phi) is 4.37. The highest BCUT2D eigenvalue weighted by molar-refractivity contribution is 7.09. The molecule has 16 heavy (non-hydrogen) atoms. The lowest BCUT2D eigenvalue weighted by Crippen LogP contribution is -2.37. The fraction of sp³-hybridized carbons (Fsp3) is 0.800. The molecule has 1 aliphatic heterocycles. The van der Waals surface area contributed by atoms with E-state index in [0.717, 1.165) is 36.9 Å². The molecule has 0 spiro atoms. The maximum Gasteiger partial charge on any atom is 0.205 e. The van der Waals surface area contributed by atoms with Crippen molar-refractivity contribution in [3.8, 4) is 0 Å². The van der Waals surface area contributed by atoms with Crippen LogP contribution in [-0.2, 0) is 4.74 Å². The van der Waals surface area contributed by atoms with Crippen molar-refractivity contribution in [3.05, 3.63) is 5.82 Å². The van der Waals surface area contributed by atoms with Gasteiger partial charge in [0.25, 0.3) is 0 Å². The lowest BCUT2D eigenvalue weighted by atomic mass is 10.1. The first-order valence-electron chi connectivity index (χ1n) is 5.52. The number of hydrogen-bond donors (Lipinski definition) is 0. The van der Waals surface area contributed by atoms with Crippen LogP contribution in [0.4, 0.5) is 5.13 Å². The second-order valence-corrected chi connectivity index (χ2v) is 4.98. The maximum atomic E-state index is 5.63. The van der Waals surface area contributed by atoms with Crippen LogP contribution in [0.1, 0.15) is 18.7 Å². The van der Waals surface area contributed by atoms with Crippen LogP contribution in [0.2, 0.25) is 0 Å². The Bertz CT molecular complexity index is 326. The molecule has 0 unspecified atom stereocenters. The Balaban J connectivity index is 1.81. The molecule has 0 amide bonds. The van der Waals surface area contributed by atoms with Crippen LogP contribution in [0.3, 0.4) is 0 Å². The van der Waals surface area contributed by atoms with Crippen LogP contribution >= 0.6 is 23.1 Å². The van der Waals surface area contributed by atoms with Crippen molar-refractivity contribution in [2.24, 2.45) is 0 Å². The lowest BCUT2D eigenvalue weighted by Gasteiger charge is -2.31. The van der Waals surface area contributed by atoms with Gasteiger partial charge in [0, 0.05) is 30.5 Å². The first kappa shape index (κ1) is 12.1. The fourth-order valence-corrected chi connectivity index (χ4v) is 2.65. The minimum Gasteiger partial charge on any atom is -0.377 e. The van der Waals surface area contributed by atoms with E-state index in [0.29, 0.717) is 18.6 Å². The van der Waals surface area contributed by atoms with Crippen molar-refractivity contribution in [2.45, 2.75) is 25.9 Å². The van der Waals surface area contributed by atoms with E-state index in [9.17, 15) is 0 Å². The Labute approximate surface area is 105 Å². The Morgan fingerprint density at radius 2 is 2.25 bits per heavy atom. The summed E-state index contributed by atoms with van der Waals surface area (Å²) in [5.74, 6) is 1.44. The lowest BCUT2D eigenvalue weighted by molar-refractivity contribution is 0.0472. The largest absolute Gasteiger partial charge is 0.377 e. The number of aromatic nitrogens is 2. The third kappa shape index (κ3) is 3.06. The first-order valence-corrected chi connectivity index (χ1v) is 6.83. The number of ether oxygens (including phenoxy) is 1. The number of hydrogen-bond acceptors (Lipinski definition) is 5. The van der Waals surface area contributed by atoms with Gasteiger partial charge >= 0.3 is 0 Å². The van der Waals surface area contributed by atoms with Crippen molar-refractivity contribution in [1.82, 2.24) is 9.36 Å². The van der Waals surface area contributed by atoms with Gasteiger partial charge in [-0.05, 0) is 19.8 Å². The number of piperidine rings is 1.